The summed E-state index contributed by atoms with van der Waals surface area (Å²) in [6.07, 6.45) is 1.16. The van der Waals surface area contributed by atoms with Crippen LogP contribution in [0.2, 0.25) is 5.02 Å². The van der Waals surface area contributed by atoms with Gasteiger partial charge in [0.05, 0.1) is 27.5 Å². The number of nitro groups is 1. The van der Waals surface area contributed by atoms with Crippen LogP contribution in [0, 0.1) is 17.0 Å². The van der Waals surface area contributed by atoms with Gasteiger partial charge in [0.15, 0.2) is 0 Å². The molecule has 8 heteroatoms. The highest BCUT2D eigenvalue weighted by atomic mass is 35.5. The van der Waals surface area contributed by atoms with Gasteiger partial charge in [0, 0.05) is 6.07 Å². The molecule has 3 aromatic rings. The molecule has 0 amide bonds. The number of para-hydroxylation sites is 1. The normalized spacial score (nSPS) is 10.8. The lowest BCUT2D eigenvalue weighted by Gasteiger charge is -2.05. The van der Waals surface area contributed by atoms with E-state index in [0.29, 0.717) is 12.4 Å². The van der Waals surface area contributed by atoms with Crippen LogP contribution in [0.1, 0.15) is 11.4 Å². The molecule has 0 radical (unpaired) electrons. The highest BCUT2D eigenvalue weighted by Crippen LogP contribution is 2.24. The van der Waals surface area contributed by atoms with Gasteiger partial charge >= 0.3 is 0 Å². The number of hydrogen-bond donors (Lipinski definition) is 2. The Morgan fingerprint density at radius 1 is 1.45 bits per heavy atom. The third-order valence-corrected chi connectivity index (χ3v) is 3.51. The third kappa shape index (κ3) is 2.71. The number of H-pyrrole nitrogens is 1. The molecule has 1 aromatic carbocycles. The van der Waals surface area contributed by atoms with Crippen LogP contribution in [-0.4, -0.2) is 19.9 Å². The van der Waals surface area contributed by atoms with Crippen LogP contribution >= 0.6 is 11.6 Å². The Kier molecular flexibility index (Phi) is 3.64. The Hall–Kier alpha value is -2.67. The third-order valence-electron chi connectivity index (χ3n) is 3.22. The van der Waals surface area contributed by atoms with E-state index >= 15 is 0 Å². The number of halogens is 1. The minimum atomic E-state index is -0.537. The molecule has 0 aliphatic heterocycles. The molecular formula is C14H12ClN5O2. The number of anilines is 1. The van der Waals surface area contributed by atoms with E-state index in [1.807, 2.05) is 25.1 Å². The number of aromatic nitrogens is 3. The van der Waals surface area contributed by atoms with Crippen molar-refractivity contribution in [1.29, 1.82) is 0 Å². The first kappa shape index (κ1) is 14.3. The van der Waals surface area contributed by atoms with Gasteiger partial charge in [-0.1, -0.05) is 23.7 Å². The van der Waals surface area contributed by atoms with Gasteiger partial charge in [0.2, 0.25) is 0 Å². The molecule has 7 nitrogen and oxygen atoms in total. The van der Waals surface area contributed by atoms with E-state index < -0.39 is 4.92 Å². The van der Waals surface area contributed by atoms with E-state index in [9.17, 15) is 10.1 Å². The zero-order valence-corrected chi connectivity index (χ0v) is 12.4. The van der Waals surface area contributed by atoms with Gasteiger partial charge < -0.3 is 10.3 Å². The van der Waals surface area contributed by atoms with Gasteiger partial charge in [0.25, 0.3) is 5.69 Å². The zero-order chi connectivity index (χ0) is 15.7. The van der Waals surface area contributed by atoms with Crippen molar-refractivity contribution in [2.75, 3.05) is 5.32 Å². The number of imidazole rings is 1. The summed E-state index contributed by atoms with van der Waals surface area (Å²) in [4.78, 5) is 21.8. The van der Waals surface area contributed by atoms with Gasteiger partial charge in [-0.25, -0.2) is 9.97 Å². The van der Waals surface area contributed by atoms with Crippen molar-refractivity contribution in [3.05, 3.63) is 57.0 Å². The van der Waals surface area contributed by atoms with Crippen LogP contribution in [0.5, 0.6) is 0 Å². The first-order chi connectivity index (χ1) is 10.5. The molecule has 0 atom stereocenters. The van der Waals surface area contributed by atoms with E-state index in [-0.39, 0.29) is 10.7 Å². The quantitative estimate of drug-likeness (QED) is 0.567. The number of aryl methyl sites for hydroxylation is 1. The highest BCUT2D eigenvalue weighted by Gasteiger charge is 2.11. The Morgan fingerprint density at radius 2 is 2.27 bits per heavy atom. The first-order valence-corrected chi connectivity index (χ1v) is 6.90. The van der Waals surface area contributed by atoms with Crippen molar-refractivity contribution in [1.82, 2.24) is 15.0 Å². The lowest BCUT2D eigenvalue weighted by Crippen LogP contribution is -2.04. The number of benzene rings is 1. The van der Waals surface area contributed by atoms with Crippen molar-refractivity contribution in [2.45, 2.75) is 13.5 Å². The van der Waals surface area contributed by atoms with Crippen molar-refractivity contribution in [3.8, 4) is 0 Å². The van der Waals surface area contributed by atoms with Gasteiger partial charge in [-0.3, -0.25) is 10.1 Å². The molecule has 0 bridgehead atoms. The zero-order valence-electron chi connectivity index (χ0n) is 11.6. The minimum absolute atomic E-state index is 0.144. The summed E-state index contributed by atoms with van der Waals surface area (Å²) in [6, 6.07) is 7.17. The fourth-order valence-corrected chi connectivity index (χ4v) is 2.36. The average Bonchev–Trinajstić information content (AvgIpc) is 2.90. The molecule has 0 spiro atoms. The lowest BCUT2D eigenvalue weighted by molar-refractivity contribution is -0.385. The van der Waals surface area contributed by atoms with Gasteiger partial charge in [0.1, 0.15) is 17.8 Å². The standard InChI is InChI=1S/C14H12ClN5O2/c1-8-3-2-4-11-13(8)19-12(18-11)7-17-14-10(15)5-9(6-16-14)20(21)22/h2-6H,7H2,1H3,(H,16,17)(H,18,19). The SMILES string of the molecule is Cc1cccc2[nH]c(CNc3ncc([N+](=O)[O-])cc3Cl)nc12. The molecule has 0 saturated heterocycles. The molecule has 3 rings (SSSR count). The van der Waals surface area contributed by atoms with Crippen LogP contribution in [-0.2, 0) is 6.54 Å². The molecule has 0 aliphatic rings. The van der Waals surface area contributed by atoms with Crippen LogP contribution in [0.3, 0.4) is 0 Å². The number of nitrogens with one attached hydrogen (secondary N) is 2. The van der Waals surface area contributed by atoms with Gasteiger partial charge in [-0.15, -0.1) is 0 Å². The summed E-state index contributed by atoms with van der Waals surface area (Å²) in [6.45, 7) is 2.38. The maximum Gasteiger partial charge on any atom is 0.289 e. The number of fused-ring (bicyclic) bond motifs is 1. The second-order valence-electron chi connectivity index (χ2n) is 4.79. The van der Waals surface area contributed by atoms with E-state index in [1.165, 1.54) is 6.07 Å². The average molecular weight is 318 g/mol. The smallest absolute Gasteiger partial charge is 0.289 e. The molecule has 2 heterocycles. The van der Waals surface area contributed by atoms with Gasteiger partial charge in [-0.2, -0.15) is 0 Å². The molecule has 0 saturated carbocycles. The first-order valence-electron chi connectivity index (χ1n) is 6.52. The molecule has 0 aliphatic carbocycles. The van der Waals surface area contributed by atoms with E-state index in [4.69, 9.17) is 11.6 Å². The maximum atomic E-state index is 10.6. The van der Waals surface area contributed by atoms with Crippen LogP contribution in [0.15, 0.2) is 30.5 Å². The Morgan fingerprint density at radius 3 is 2.95 bits per heavy atom. The van der Waals surface area contributed by atoms with Gasteiger partial charge in [-0.05, 0) is 18.6 Å². The fraction of sp³-hybridized carbons (Fsp3) is 0.143. The van der Waals surface area contributed by atoms with E-state index in [1.54, 1.807) is 0 Å². The molecule has 22 heavy (non-hydrogen) atoms. The second-order valence-corrected chi connectivity index (χ2v) is 5.20. The van der Waals surface area contributed by atoms with Crippen molar-refractivity contribution in [2.24, 2.45) is 0 Å². The highest BCUT2D eigenvalue weighted by molar-refractivity contribution is 6.33. The van der Waals surface area contributed by atoms with E-state index in [2.05, 4.69) is 20.3 Å². The van der Waals surface area contributed by atoms with Crippen LogP contribution in [0.25, 0.3) is 11.0 Å². The summed E-state index contributed by atoms with van der Waals surface area (Å²) >= 11 is 5.98. The van der Waals surface area contributed by atoms with Crippen molar-refractivity contribution < 1.29 is 4.92 Å². The molecular weight excluding hydrogens is 306 g/mol. The van der Waals surface area contributed by atoms with E-state index in [0.717, 1.165) is 28.6 Å². The predicted molar refractivity (Wildman–Crippen MR) is 84.1 cm³/mol. The molecule has 2 N–H and O–H groups in total. The second kappa shape index (κ2) is 5.61. The molecule has 0 unspecified atom stereocenters. The van der Waals surface area contributed by atoms with Crippen LogP contribution in [0.4, 0.5) is 11.5 Å². The summed E-state index contributed by atoms with van der Waals surface area (Å²) in [5, 5.41) is 13.9. The lowest BCUT2D eigenvalue weighted by atomic mass is 10.2. The maximum absolute atomic E-state index is 10.6. The summed E-state index contributed by atoms with van der Waals surface area (Å²) in [5.74, 6) is 1.12. The Labute approximate surface area is 130 Å². The Bertz CT molecular complexity index is 862. The fourth-order valence-electron chi connectivity index (χ4n) is 2.14. The number of pyridine rings is 1. The Balaban J connectivity index is 1.79. The van der Waals surface area contributed by atoms with Crippen molar-refractivity contribution in [3.63, 3.8) is 0 Å². The minimum Gasteiger partial charge on any atom is -0.362 e. The van der Waals surface area contributed by atoms with Crippen molar-refractivity contribution >= 4 is 34.1 Å². The topological polar surface area (TPSA) is 96.7 Å². The number of hydrogen-bond acceptors (Lipinski definition) is 5. The predicted octanol–water partition coefficient (Wildman–Crippen LogP) is 3.44. The number of rotatable bonds is 4. The summed E-state index contributed by atoms with van der Waals surface area (Å²) in [5.41, 5.74) is 2.82. The summed E-state index contributed by atoms with van der Waals surface area (Å²) in [7, 11) is 0. The molecule has 0 fully saturated rings. The number of aromatic amines is 1. The molecule has 2 aromatic heterocycles. The summed E-state index contributed by atoms with van der Waals surface area (Å²) < 4.78 is 0. The monoisotopic (exact) mass is 317 g/mol. The number of nitrogens with zero attached hydrogens (tertiary/aromatic N) is 3. The molecule has 112 valence electrons. The largest absolute Gasteiger partial charge is 0.362 e. The van der Waals surface area contributed by atoms with Crippen LogP contribution < -0.4 is 5.32 Å².